The summed E-state index contributed by atoms with van der Waals surface area (Å²) in [7, 11) is 1.54. The van der Waals surface area contributed by atoms with Crippen molar-refractivity contribution < 1.29 is 4.74 Å². The van der Waals surface area contributed by atoms with Gasteiger partial charge in [-0.2, -0.15) is 0 Å². The van der Waals surface area contributed by atoms with Gasteiger partial charge in [0.2, 0.25) is 0 Å². The van der Waals surface area contributed by atoms with Crippen molar-refractivity contribution in [1.29, 1.82) is 0 Å². The molecule has 0 amide bonds. The predicted molar refractivity (Wildman–Crippen MR) is 52.3 cm³/mol. The Hall–Kier alpha value is -0.830. The van der Waals surface area contributed by atoms with Crippen LogP contribution in [0.3, 0.4) is 0 Å². The van der Waals surface area contributed by atoms with E-state index in [1.807, 2.05) is 20.8 Å². The van der Waals surface area contributed by atoms with E-state index in [9.17, 15) is 0 Å². The van der Waals surface area contributed by atoms with Crippen LogP contribution in [0.15, 0.2) is 6.20 Å². The number of rotatable bonds is 1. The van der Waals surface area contributed by atoms with Gasteiger partial charge in [0.25, 0.3) is 0 Å². The predicted octanol–water partition coefficient (Wildman–Crippen LogP) is 2.44. The van der Waals surface area contributed by atoms with E-state index < -0.39 is 0 Å². The second-order valence-corrected chi connectivity index (χ2v) is 4.16. The van der Waals surface area contributed by atoms with Crippen molar-refractivity contribution in [2.75, 3.05) is 7.11 Å². The molecule has 0 N–H and O–H groups in total. The van der Waals surface area contributed by atoms with E-state index in [2.05, 4.69) is 9.97 Å². The number of methoxy groups -OCH3 is 1. The first kappa shape index (κ1) is 10.3. The van der Waals surface area contributed by atoms with Gasteiger partial charge in [0.15, 0.2) is 10.9 Å². The molecule has 3 nitrogen and oxygen atoms in total. The fraction of sp³-hybridized carbons (Fsp3) is 0.556. The third-order valence-electron chi connectivity index (χ3n) is 1.60. The van der Waals surface area contributed by atoms with Crippen molar-refractivity contribution in [3.05, 3.63) is 17.2 Å². The summed E-state index contributed by atoms with van der Waals surface area (Å²) in [6.07, 6.45) is 1.59. The van der Waals surface area contributed by atoms with Gasteiger partial charge < -0.3 is 4.74 Å². The van der Waals surface area contributed by atoms with E-state index in [0.717, 1.165) is 5.82 Å². The number of nitrogens with zero attached hydrogens (tertiary/aromatic N) is 2. The molecular formula is C9H13ClN2O. The van der Waals surface area contributed by atoms with Crippen LogP contribution in [0.1, 0.15) is 26.6 Å². The van der Waals surface area contributed by atoms with Crippen LogP contribution in [0.25, 0.3) is 0 Å². The minimum atomic E-state index is -0.0874. The van der Waals surface area contributed by atoms with Crippen molar-refractivity contribution in [2.45, 2.75) is 26.2 Å². The highest BCUT2D eigenvalue weighted by atomic mass is 35.5. The Kier molecular flexibility index (Phi) is 2.76. The number of aromatic nitrogens is 2. The Morgan fingerprint density at radius 3 is 2.38 bits per heavy atom. The van der Waals surface area contributed by atoms with Gasteiger partial charge in [-0.1, -0.05) is 32.4 Å². The third kappa shape index (κ3) is 2.31. The lowest BCUT2D eigenvalue weighted by molar-refractivity contribution is 0.408. The van der Waals surface area contributed by atoms with Gasteiger partial charge in [-0.05, 0) is 0 Å². The Morgan fingerprint density at radius 1 is 1.38 bits per heavy atom. The molecule has 13 heavy (non-hydrogen) atoms. The molecule has 1 heterocycles. The summed E-state index contributed by atoms with van der Waals surface area (Å²) in [4.78, 5) is 8.31. The van der Waals surface area contributed by atoms with Crippen molar-refractivity contribution in [2.24, 2.45) is 0 Å². The summed E-state index contributed by atoms with van der Waals surface area (Å²) < 4.78 is 4.96. The van der Waals surface area contributed by atoms with Gasteiger partial charge in [-0.25, -0.2) is 9.97 Å². The first-order valence-corrected chi connectivity index (χ1v) is 4.40. The molecule has 0 saturated carbocycles. The Morgan fingerprint density at radius 2 is 2.00 bits per heavy atom. The molecule has 0 saturated heterocycles. The van der Waals surface area contributed by atoms with Crippen LogP contribution in [0.2, 0.25) is 5.15 Å². The Bertz CT molecular complexity index is 307. The van der Waals surface area contributed by atoms with Crippen molar-refractivity contribution in [3.8, 4) is 5.75 Å². The molecule has 0 bridgehead atoms. The van der Waals surface area contributed by atoms with Crippen LogP contribution >= 0.6 is 11.6 Å². The highest BCUT2D eigenvalue weighted by Gasteiger charge is 2.18. The fourth-order valence-corrected chi connectivity index (χ4v) is 1.05. The average Bonchev–Trinajstić information content (AvgIpc) is 2.02. The highest BCUT2D eigenvalue weighted by Crippen LogP contribution is 2.24. The number of hydrogen-bond donors (Lipinski definition) is 0. The molecule has 4 heteroatoms. The van der Waals surface area contributed by atoms with Crippen molar-refractivity contribution >= 4 is 11.6 Å². The summed E-state index contributed by atoms with van der Waals surface area (Å²) in [6.45, 7) is 6.10. The lowest BCUT2D eigenvalue weighted by atomic mass is 9.96. The minimum absolute atomic E-state index is 0.0874. The lowest BCUT2D eigenvalue weighted by Gasteiger charge is -2.16. The Balaban J connectivity index is 3.10. The molecular weight excluding hydrogens is 188 g/mol. The molecule has 1 aromatic heterocycles. The van der Waals surface area contributed by atoms with Crippen LogP contribution in [-0.2, 0) is 5.41 Å². The SMILES string of the molecule is COc1cnc(C(C)(C)C)nc1Cl. The smallest absolute Gasteiger partial charge is 0.174 e. The van der Waals surface area contributed by atoms with Crippen molar-refractivity contribution in [1.82, 2.24) is 9.97 Å². The molecule has 1 rings (SSSR count). The lowest BCUT2D eigenvalue weighted by Crippen LogP contribution is -2.15. The maximum absolute atomic E-state index is 5.86. The molecule has 0 aliphatic carbocycles. The molecule has 1 aromatic rings. The zero-order valence-electron chi connectivity index (χ0n) is 8.26. The highest BCUT2D eigenvalue weighted by molar-refractivity contribution is 6.30. The molecule has 0 atom stereocenters. The third-order valence-corrected chi connectivity index (χ3v) is 1.87. The van der Waals surface area contributed by atoms with Gasteiger partial charge in [-0.3, -0.25) is 0 Å². The molecule has 0 aliphatic rings. The molecule has 0 spiro atoms. The first-order valence-electron chi connectivity index (χ1n) is 4.02. The van der Waals surface area contributed by atoms with E-state index >= 15 is 0 Å². The molecule has 72 valence electrons. The summed E-state index contributed by atoms with van der Waals surface area (Å²) in [5, 5.41) is 0.363. The maximum Gasteiger partial charge on any atom is 0.174 e. The van der Waals surface area contributed by atoms with Crippen LogP contribution in [0.4, 0.5) is 0 Å². The van der Waals surface area contributed by atoms with E-state index in [1.165, 1.54) is 0 Å². The molecule has 0 aromatic carbocycles. The summed E-state index contributed by atoms with van der Waals surface area (Å²) >= 11 is 5.86. The monoisotopic (exact) mass is 200 g/mol. The molecule has 0 aliphatic heterocycles. The molecule has 0 fully saturated rings. The topological polar surface area (TPSA) is 35.0 Å². The van der Waals surface area contributed by atoms with Crippen molar-refractivity contribution in [3.63, 3.8) is 0 Å². The minimum Gasteiger partial charge on any atom is -0.492 e. The quantitative estimate of drug-likeness (QED) is 0.654. The summed E-state index contributed by atoms with van der Waals surface area (Å²) in [5.41, 5.74) is -0.0874. The van der Waals surface area contributed by atoms with Gasteiger partial charge in [0.05, 0.1) is 13.3 Å². The standard InChI is InChI=1S/C9H13ClN2O/c1-9(2,3)8-11-5-6(13-4)7(10)12-8/h5H,1-4H3. The van der Waals surface area contributed by atoms with E-state index in [-0.39, 0.29) is 5.41 Å². The molecule has 0 unspecified atom stereocenters. The number of ether oxygens (including phenoxy) is 1. The van der Waals surface area contributed by atoms with Crippen LogP contribution in [-0.4, -0.2) is 17.1 Å². The van der Waals surface area contributed by atoms with Gasteiger partial charge in [-0.15, -0.1) is 0 Å². The largest absolute Gasteiger partial charge is 0.492 e. The van der Waals surface area contributed by atoms with Gasteiger partial charge >= 0.3 is 0 Å². The van der Waals surface area contributed by atoms with E-state index in [0.29, 0.717) is 10.9 Å². The van der Waals surface area contributed by atoms with Crippen LogP contribution in [0, 0.1) is 0 Å². The van der Waals surface area contributed by atoms with Crippen LogP contribution in [0.5, 0.6) is 5.75 Å². The zero-order valence-corrected chi connectivity index (χ0v) is 9.01. The first-order chi connectivity index (χ1) is 5.95. The second-order valence-electron chi connectivity index (χ2n) is 3.80. The van der Waals surface area contributed by atoms with E-state index in [1.54, 1.807) is 13.3 Å². The average molecular weight is 201 g/mol. The Labute approximate surface area is 83.1 Å². The van der Waals surface area contributed by atoms with E-state index in [4.69, 9.17) is 16.3 Å². The van der Waals surface area contributed by atoms with Crippen LogP contribution < -0.4 is 4.74 Å². The number of halogens is 1. The van der Waals surface area contributed by atoms with Gasteiger partial charge in [0.1, 0.15) is 5.82 Å². The summed E-state index contributed by atoms with van der Waals surface area (Å²) in [6, 6.07) is 0. The summed E-state index contributed by atoms with van der Waals surface area (Å²) in [5.74, 6) is 1.23. The zero-order chi connectivity index (χ0) is 10.1. The molecule has 0 radical (unpaired) electrons. The fourth-order valence-electron chi connectivity index (χ4n) is 0.848. The van der Waals surface area contributed by atoms with Gasteiger partial charge in [0, 0.05) is 5.41 Å². The normalized spacial score (nSPS) is 11.5. The second kappa shape index (κ2) is 3.50. The number of hydrogen-bond acceptors (Lipinski definition) is 3. The maximum atomic E-state index is 5.86.